The summed E-state index contributed by atoms with van der Waals surface area (Å²) in [5, 5.41) is 11.0. The Kier molecular flexibility index (Phi) is 8.75. The van der Waals surface area contributed by atoms with Crippen LogP contribution in [0.15, 0.2) is 48.5 Å². The Morgan fingerprint density at radius 2 is 1.68 bits per heavy atom. The van der Waals surface area contributed by atoms with Crippen LogP contribution in [0.25, 0.3) is 0 Å². The molecule has 34 heavy (non-hydrogen) atoms. The summed E-state index contributed by atoms with van der Waals surface area (Å²) in [6.07, 6.45) is 4.28. The van der Waals surface area contributed by atoms with E-state index < -0.39 is 12.0 Å². The summed E-state index contributed by atoms with van der Waals surface area (Å²) >= 11 is 12.1. The Labute approximate surface area is 212 Å². The van der Waals surface area contributed by atoms with Crippen LogP contribution in [0.1, 0.15) is 44.1 Å². The number of halogens is 2. The van der Waals surface area contributed by atoms with Crippen LogP contribution in [0, 0.1) is 5.92 Å². The third-order valence-electron chi connectivity index (χ3n) is 7.34. The molecule has 1 N–H and O–H groups in total. The van der Waals surface area contributed by atoms with Crippen molar-refractivity contribution in [1.82, 2.24) is 9.80 Å². The summed E-state index contributed by atoms with van der Waals surface area (Å²) < 4.78 is 6.12. The molecule has 2 aliphatic rings. The predicted octanol–water partition coefficient (Wildman–Crippen LogP) is 5.81. The van der Waals surface area contributed by atoms with Gasteiger partial charge in [-0.2, -0.15) is 0 Å². The highest BCUT2D eigenvalue weighted by atomic mass is 35.5. The maximum atomic E-state index is 12.1. The van der Waals surface area contributed by atoms with Crippen molar-refractivity contribution in [3.05, 3.63) is 64.1 Å². The summed E-state index contributed by atoms with van der Waals surface area (Å²) in [5.74, 6) is 0.631. The van der Waals surface area contributed by atoms with Gasteiger partial charge in [0.1, 0.15) is 17.9 Å². The SMILES string of the molecule is C[C@@H](c1ccccc1)[C@@H](C(=O)O)N1CCC(CN2CCC(Oc3ccc(Cl)c(Cl)c3)CC2)CC1. The number of benzene rings is 2. The maximum absolute atomic E-state index is 12.1. The molecule has 2 fully saturated rings. The zero-order chi connectivity index (χ0) is 24.1. The van der Waals surface area contributed by atoms with Crippen LogP contribution in [-0.2, 0) is 4.79 Å². The molecule has 5 nitrogen and oxygen atoms in total. The maximum Gasteiger partial charge on any atom is 0.321 e. The standard InChI is InChI=1S/C27H34Cl2N2O3/c1-19(21-5-3-2-4-6-21)26(27(32)33)31-15-9-20(10-16-31)18-30-13-11-22(12-14-30)34-23-7-8-24(28)25(29)17-23/h2-8,17,19-20,22,26H,9-16,18H2,1H3,(H,32,33)/t19-,26-/m0/s1. The minimum atomic E-state index is -0.723. The zero-order valence-electron chi connectivity index (χ0n) is 19.7. The summed E-state index contributed by atoms with van der Waals surface area (Å²) in [6.45, 7) is 6.85. The lowest BCUT2D eigenvalue weighted by molar-refractivity contribution is -0.144. The Morgan fingerprint density at radius 1 is 1.00 bits per heavy atom. The van der Waals surface area contributed by atoms with Crippen molar-refractivity contribution in [3.63, 3.8) is 0 Å². The number of carbonyl (C=O) groups is 1. The van der Waals surface area contributed by atoms with Crippen LogP contribution in [0.3, 0.4) is 0 Å². The first-order valence-electron chi connectivity index (χ1n) is 12.3. The van der Waals surface area contributed by atoms with E-state index >= 15 is 0 Å². The summed E-state index contributed by atoms with van der Waals surface area (Å²) in [7, 11) is 0. The van der Waals surface area contributed by atoms with E-state index in [0.29, 0.717) is 16.0 Å². The van der Waals surface area contributed by atoms with E-state index in [-0.39, 0.29) is 12.0 Å². The molecule has 2 heterocycles. The number of hydrogen-bond donors (Lipinski definition) is 1. The lowest BCUT2D eigenvalue weighted by Crippen LogP contribution is -2.49. The fourth-order valence-corrected chi connectivity index (χ4v) is 5.64. The molecule has 4 rings (SSSR count). The molecule has 2 aliphatic heterocycles. The van der Waals surface area contributed by atoms with Gasteiger partial charge in [0.05, 0.1) is 10.0 Å². The van der Waals surface area contributed by atoms with Crippen LogP contribution in [0.2, 0.25) is 10.0 Å². The summed E-state index contributed by atoms with van der Waals surface area (Å²) in [5.41, 5.74) is 1.09. The molecule has 0 aromatic heterocycles. The van der Waals surface area contributed by atoms with Crippen molar-refractivity contribution in [3.8, 4) is 5.75 Å². The van der Waals surface area contributed by atoms with E-state index in [4.69, 9.17) is 27.9 Å². The monoisotopic (exact) mass is 504 g/mol. The largest absolute Gasteiger partial charge is 0.490 e. The molecule has 2 atom stereocenters. The van der Waals surface area contributed by atoms with E-state index in [1.54, 1.807) is 12.1 Å². The highest BCUT2D eigenvalue weighted by Gasteiger charge is 2.35. The molecule has 0 bridgehead atoms. The molecule has 0 saturated carbocycles. The van der Waals surface area contributed by atoms with Crippen LogP contribution >= 0.6 is 23.2 Å². The van der Waals surface area contributed by atoms with Gasteiger partial charge >= 0.3 is 5.97 Å². The molecule has 184 valence electrons. The fraction of sp³-hybridized carbons (Fsp3) is 0.519. The minimum absolute atomic E-state index is 0.0372. The van der Waals surface area contributed by atoms with E-state index in [9.17, 15) is 9.90 Å². The summed E-state index contributed by atoms with van der Waals surface area (Å²) in [4.78, 5) is 16.8. The molecule has 0 aliphatic carbocycles. The number of carboxylic acid groups (broad SMARTS) is 1. The van der Waals surface area contributed by atoms with Gasteiger partial charge in [0.25, 0.3) is 0 Å². The molecular formula is C27H34Cl2N2O3. The Bertz CT molecular complexity index is 942. The van der Waals surface area contributed by atoms with Crippen molar-refractivity contribution in [1.29, 1.82) is 0 Å². The topological polar surface area (TPSA) is 53.0 Å². The fourth-order valence-electron chi connectivity index (χ4n) is 5.36. The van der Waals surface area contributed by atoms with Crippen LogP contribution in [0.5, 0.6) is 5.75 Å². The van der Waals surface area contributed by atoms with Gasteiger partial charge in [-0.1, -0.05) is 60.5 Å². The number of ether oxygens (including phenoxy) is 1. The van der Waals surface area contributed by atoms with Crippen molar-refractivity contribution in [2.75, 3.05) is 32.7 Å². The Balaban J connectivity index is 1.22. The van der Waals surface area contributed by atoms with Gasteiger partial charge < -0.3 is 14.7 Å². The number of likely N-dealkylation sites (tertiary alicyclic amines) is 2. The highest BCUT2D eigenvalue weighted by molar-refractivity contribution is 6.42. The number of rotatable bonds is 8. The molecule has 2 aromatic carbocycles. The van der Waals surface area contributed by atoms with Gasteiger partial charge in [-0.25, -0.2) is 0 Å². The number of carboxylic acids is 1. The third kappa shape index (κ3) is 6.45. The number of aliphatic carboxylic acids is 1. The Hall–Kier alpha value is -1.79. The van der Waals surface area contributed by atoms with E-state index in [1.807, 2.05) is 43.3 Å². The molecular weight excluding hydrogens is 471 g/mol. The molecule has 0 unspecified atom stereocenters. The van der Waals surface area contributed by atoms with Gasteiger partial charge in [-0.15, -0.1) is 0 Å². The van der Waals surface area contributed by atoms with Crippen LogP contribution < -0.4 is 4.74 Å². The highest BCUT2D eigenvalue weighted by Crippen LogP contribution is 2.30. The molecule has 2 saturated heterocycles. The van der Waals surface area contributed by atoms with Crippen LogP contribution in [0.4, 0.5) is 0 Å². The molecule has 2 aromatic rings. The van der Waals surface area contributed by atoms with Gasteiger partial charge in [0.15, 0.2) is 0 Å². The van der Waals surface area contributed by atoms with Crippen LogP contribution in [-0.4, -0.2) is 65.7 Å². The zero-order valence-corrected chi connectivity index (χ0v) is 21.2. The molecule has 0 spiro atoms. The smallest absolute Gasteiger partial charge is 0.321 e. The van der Waals surface area contributed by atoms with E-state index in [1.165, 1.54) is 0 Å². The van der Waals surface area contributed by atoms with Gasteiger partial charge in [0, 0.05) is 31.6 Å². The molecule has 0 amide bonds. The number of nitrogens with zero attached hydrogens (tertiary/aromatic N) is 2. The van der Waals surface area contributed by atoms with E-state index in [0.717, 1.165) is 69.7 Å². The predicted molar refractivity (Wildman–Crippen MR) is 137 cm³/mol. The van der Waals surface area contributed by atoms with Gasteiger partial charge in [-0.05, 0) is 62.4 Å². The lowest BCUT2D eigenvalue weighted by atomic mass is 9.88. The Morgan fingerprint density at radius 3 is 2.29 bits per heavy atom. The van der Waals surface area contributed by atoms with E-state index in [2.05, 4.69) is 9.80 Å². The summed E-state index contributed by atoms with van der Waals surface area (Å²) in [6, 6.07) is 15.0. The second kappa shape index (κ2) is 11.8. The first kappa shape index (κ1) is 25.3. The second-order valence-electron chi connectivity index (χ2n) is 9.66. The average molecular weight is 505 g/mol. The van der Waals surface area contributed by atoms with Crippen molar-refractivity contribution in [2.24, 2.45) is 5.92 Å². The minimum Gasteiger partial charge on any atom is -0.490 e. The van der Waals surface area contributed by atoms with Crippen molar-refractivity contribution in [2.45, 2.75) is 50.7 Å². The van der Waals surface area contributed by atoms with Gasteiger partial charge in [-0.3, -0.25) is 9.69 Å². The van der Waals surface area contributed by atoms with Crippen molar-refractivity contribution < 1.29 is 14.6 Å². The molecule has 0 radical (unpaired) electrons. The second-order valence-corrected chi connectivity index (χ2v) is 10.5. The number of hydrogen-bond acceptors (Lipinski definition) is 4. The normalized spacial score (nSPS) is 20.7. The average Bonchev–Trinajstić information content (AvgIpc) is 2.84. The molecule has 7 heteroatoms. The first-order chi connectivity index (χ1) is 16.4. The number of piperidine rings is 2. The third-order valence-corrected chi connectivity index (χ3v) is 8.08. The van der Waals surface area contributed by atoms with Gasteiger partial charge in [0.2, 0.25) is 0 Å². The first-order valence-corrected chi connectivity index (χ1v) is 13.0. The van der Waals surface area contributed by atoms with Crippen molar-refractivity contribution >= 4 is 29.2 Å². The quantitative estimate of drug-likeness (QED) is 0.491. The lowest BCUT2D eigenvalue weighted by Gasteiger charge is -2.40.